The summed E-state index contributed by atoms with van der Waals surface area (Å²) in [5.41, 5.74) is 0.348. The summed E-state index contributed by atoms with van der Waals surface area (Å²) < 4.78 is 5.70. The monoisotopic (exact) mass is 167 g/mol. The molecule has 0 aromatic carbocycles. The normalized spacial score (nSPS) is 10.4. The van der Waals surface area contributed by atoms with Gasteiger partial charge in [0.05, 0.1) is 5.16 Å². The SMILES string of the molecule is Cc1c(-n2cncn2)no[n+]1[O-]. The van der Waals surface area contributed by atoms with Gasteiger partial charge in [-0.05, 0) is 4.90 Å². The molecule has 0 fully saturated rings. The average Bonchev–Trinajstić information content (AvgIpc) is 2.64. The van der Waals surface area contributed by atoms with E-state index < -0.39 is 0 Å². The van der Waals surface area contributed by atoms with E-state index in [1.165, 1.54) is 17.3 Å². The zero-order valence-corrected chi connectivity index (χ0v) is 6.21. The predicted molar refractivity (Wildman–Crippen MR) is 35.1 cm³/mol. The van der Waals surface area contributed by atoms with Crippen LogP contribution in [0.4, 0.5) is 0 Å². The van der Waals surface area contributed by atoms with Gasteiger partial charge in [-0.25, -0.2) is 4.98 Å². The van der Waals surface area contributed by atoms with Gasteiger partial charge in [0.15, 0.2) is 0 Å². The molecule has 0 spiro atoms. The first-order valence-corrected chi connectivity index (χ1v) is 3.20. The lowest BCUT2D eigenvalue weighted by Gasteiger charge is -1.87. The third kappa shape index (κ3) is 0.831. The molecule has 62 valence electrons. The lowest BCUT2D eigenvalue weighted by molar-refractivity contribution is -0.806. The van der Waals surface area contributed by atoms with Crippen LogP contribution < -0.4 is 4.90 Å². The topological polar surface area (TPSA) is 83.7 Å². The van der Waals surface area contributed by atoms with Crippen molar-refractivity contribution in [3.05, 3.63) is 23.6 Å². The van der Waals surface area contributed by atoms with Crippen LogP contribution in [0.2, 0.25) is 0 Å². The van der Waals surface area contributed by atoms with Crippen molar-refractivity contribution in [1.29, 1.82) is 0 Å². The highest BCUT2D eigenvalue weighted by Gasteiger charge is 2.16. The van der Waals surface area contributed by atoms with Crippen molar-refractivity contribution in [3.8, 4) is 5.82 Å². The largest absolute Gasteiger partial charge is 0.359 e. The van der Waals surface area contributed by atoms with E-state index in [4.69, 9.17) is 0 Å². The minimum Gasteiger partial charge on any atom is -0.359 e. The third-order valence-corrected chi connectivity index (χ3v) is 1.43. The minimum absolute atomic E-state index is 0.316. The average molecular weight is 167 g/mol. The van der Waals surface area contributed by atoms with Gasteiger partial charge in [-0.2, -0.15) is 9.78 Å². The number of hydrogen-bond acceptors (Lipinski definition) is 5. The lowest BCUT2D eigenvalue weighted by Crippen LogP contribution is -2.26. The highest BCUT2D eigenvalue weighted by atomic mass is 16.8. The molecule has 2 aromatic rings. The van der Waals surface area contributed by atoms with Crippen molar-refractivity contribution >= 4 is 0 Å². The van der Waals surface area contributed by atoms with E-state index in [0.717, 1.165) is 0 Å². The fourth-order valence-corrected chi connectivity index (χ4v) is 0.810. The molecule has 0 atom stereocenters. The van der Waals surface area contributed by atoms with Crippen LogP contribution in [-0.4, -0.2) is 19.9 Å². The Morgan fingerprint density at radius 1 is 1.67 bits per heavy atom. The molecule has 0 bridgehead atoms. The summed E-state index contributed by atoms with van der Waals surface area (Å²) in [6.45, 7) is 1.58. The molecule has 0 amide bonds. The van der Waals surface area contributed by atoms with Gasteiger partial charge in [-0.3, -0.25) is 4.63 Å². The summed E-state index contributed by atoms with van der Waals surface area (Å²) in [5, 5.41) is 18.0. The molecule has 7 heteroatoms. The first-order valence-electron chi connectivity index (χ1n) is 3.20. The highest BCUT2D eigenvalue weighted by Crippen LogP contribution is 2.02. The smallest absolute Gasteiger partial charge is 0.338 e. The van der Waals surface area contributed by atoms with Crippen LogP contribution in [0.3, 0.4) is 0 Å². The summed E-state index contributed by atoms with van der Waals surface area (Å²) in [6.07, 6.45) is 2.79. The van der Waals surface area contributed by atoms with Crippen molar-refractivity contribution in [2.24, 2.45) is 0 Å². The van der Waals surface area contributed by atoms with Crippen LogP contribution in [0, 0.1) is 12.1 Å². The van der Waals surface area contributed by atoms with Crippen LogP contribution >= 0.6 is 0 Å². The summed E-state index contributed by atoms with van der Waals surface area (Å²) in [5.74, 6) is 0.350. The first-order chi connectivity index (χ1) is 5.79. The van der Waals surface area contributed by atoms with Gasteiger partial charge < -0.3 is 5.21 Å². The van der Waals surface area contributed by atoms with E-state index in [-0.39, 0.29) is 0 Å². The molecular weight excluding hydrogens is 162 g/mol. The Hall–Kier alpha value is -1.92. The van der Waals surface area contributed by atoms with Crippen LogP contribution in [0.15, 0.2) is 17.3 Å². The van der Waals surface area contributed by atoms with Crippen LogP contribution in [0.25, 0.3) is 5.82 Å². The number of aromatic nitrogens is 5. The molecule has 0 N–H and O–H groups in total. The maximum atomic E-state index is 10.8. The fourth-order valence-electron chi connectivity index (χ4n) is 0.810. The van der Waals surface area contributed by atoms with Crippen molar-refractivity contribution in [3.63, 3.8) is 0 Å². The molecule has 0 aliphatic heterocycles. The van der Waals surface area contributed by atoms with Crippen molar-refractivity contribution < 1.29 is 9.53 Å². The number of hydrogen-bond donors (Lipinski definition) is 0. The van der Waals surface area contributed by atoms with Gasteiger partial charge in [0.2, 0.25) is 5.69 Å². The maximum absolute atomic E-state index is 10.8. The summed E-state index contributed by atoms with van der Waals surface area (Å²) in [6, 6.07) is 0. The molecule has 0 saturated carbocycles. The Bertz CT molecular complexity index is 378. The maximum Gasteiger partial charge on any atom is 0.338 e. The zero-order valence-electron chi connectivity index (χ0n) is 6.21. The van der Waals surface area contributed by atoms with Crippen molar-refractivity contribution in [2.45, 2.75) is 6.92 Å². The van der Waals surface area contributed by atoms with E-state index in [9.17, 15) is 5.21 Å². The molecule has 0 aliphatic rings. The molecule has 2 heterocycles. The second-order valence-corrected chi connectivity index (χ2v) is 2.18. The molecule has 2 rings (SSSR count). The molecule has 7 nitrogen and oxygen atoms in total. The van der Waals surface area contributed by atoms with Gasteiger partial charge in [0.1, 0.15) is 12.7 Å². The second kappa shape index (κ2) is 2.29. The predicted octanol–water partition coefficient (Wildman–Crippen LogP) is -0.803. The fraction of sp³-hybridized carbons (Fsp3) is 0.200. The lowest BCUT2D eigenvalue weighted by atomic mass is 10.5. The van der Waals surface area contributed by atoms with Crippen LogP contribution in [-0.2, 0) is 0 Å². The van der Waals surface area contributed by atoms with Crippen LogP contribution in [0.5, 0.6) is 0 Å². The molecule has 2 aromatic heterocycles. The highest BCUT2D eigenvalue weighted by molar-refractivity contribution is 5.18. The summed E-state index contributed by atoms with van der Waals surface area (Å²) in [7, 11) is 0. The van der Waals surface area contributed by atoms with E-state index in [1.807, 2.05) is 0 Å². The molecule has 0 radical (unpaired) electrons. The molecule has 0 unspecified atom stereocenters. The van der Waals surface area contributed by atoms with Gasteiger partial charge in [-0.15, -0.1) is 0 Å². The quantitative estimate of drug-likeness (QED) is 0.519. The molecular formula is C5H5N5O2. The zero-order chi connectivity index (χ0) is 8.55. The van der Waals surface area contributed by atoms with Gasteiger partial charge >= 0.3 is 5.82 Å². The Kier molecular flexibility index (Phi) is 1.29. The summed E-state index contributed by atoms with van der Waals surface area (Å²) >= 11 is 0. The van der Waals surface area contributed by atoms with E-state index in [2.05, 4.69) is 19.9 Å². The second-order valence-electron chi connectivity index (χ2n) is 2.18. The Morgan fingerprint density at radius 2 is 2.50 bits per heavy atom. The molecule has 0 saturated heterocycles. The van der Waals surface area contributed by atoms with Gasteiger partial charge in [0.25, 0.3) is 0 Å². The molecule has 12 heavy (non-hydrogen) atoms. The summed E-state index contributed by atoms with van der Waals surface area (Å²) in [4.78, 5) is 4.02. The Balaban J connectivity index is 2.55. The Morgan fingerprint density at radius 3 is 3.00 bits per heavy atom. The van der Waals surface area contributed by atoms with Gasteiger partial charge in [-0.1, -0.05) is 0 Å². The van der Waals surface area contributed by atoms with Crippen molar-refractivity contribution in [2.75, 3.05) is 0 Å². The third-order valence-electron chi connectivity index (χ3n) is 1.43. The number of nitrogens with zero attached hydrogens (tertiary/aromatic N) is 5. The van der Waals surface area contributed by atoms with E-state index >= 15 is 0 Å². The van der Waals surface area contributed by atoms with E-state index in [1.54, 1.807) is 6.92 Å². The standard InChI is InChI=1S/C5H5N5O2/c1-4-5(8-12-10(4)11)9-3-6-2-7-9/h2-3H,1H3. The van der Waals surface area contributed by atoms with E-state index in [0.29, 0.717) is 16.4 Å². The first kappa shape index (κ1) is 6.77. The van der Waals surface area contributed by atoms with Crippen molar-refractivity contribution in [1.82, 2.24) is 19.9 Å². The Labute approximate surface area is 66.8 Å². The molecule has 0 aliphatic carbocycles. The van der Waals surface area contributed by atoms with Crippen LogP contribution in [0.1, 0.15) is 5.69 Å². The minimum atomic E-state index is 0.316. The van der Waals surface area contributed by atoms with Gasteiger partial charge in [0, 0.05) is 6.92 Å². The number of rotatable bonds is 1.